The highest BCUT2D eigenvalue weighted by molar-refractivity contribution is 6.43. The Morgan fingerprint density at radius 2 is 2.06 bits per heavy atom. The van der Waals surface area contributed by atoms with Gasteiger partial charge in [-0.15, -0.1) is 5.70 Å². The van der Waals surface area contributed by atoms with E-state index < -0.39 is 5.02 Å². The monoisotopic (exact) mass is 300 g/mol. The summed E-state index contributed by atoms with van der Waals surface area (Å²) in [7, 11) is 0.902. The molecule has 0 saturated heterocycles. The summed E-state index contributed by atoms with van der Waals surface area (Å²) in [4.78, 5) is 0. The Labute approximate surface area is 122 Å². The predicted octanol–water partition coefficient (Wildman–Crippen LogP) is 4.81. The van der Waals surface area contributed by atoms with Crippen molar-refractivity contribution < 1.29 is 4.74 Å². The summed E-state index contributed by atoms with van der Waals surface area (Å²) in [5, 5.41) is -0.807. The molecule has 1 rings (SSSR count). The molecule has 0 amide bonds. The van der Waals surface area contributed by atoms with Crippen molar-refractivity contribution in [3.05, 3.63) is 41.1 Å². The van der Waals surface area contributed by atoms with Gasteiger partial charge in [0.1, 0.15) is 5.75 Å². The van der Waals surface area contributed by atoms with Crippen molar-refractivity contribution in [2.24, 2.45) is 0 Å². The lowest BCUT2D eigenvalue weighted by Crippen LogP contribution is -2.02. The highest BCUT2D eigenvalue weighted by Gasteiger charge is 2.06. The number of allylic oxidation sites excluding steroid dienone is 1. The average molecular weight is 301 g/mol. The van der Waals surface area contributed by atoms with Crippen molar-refractivity contribution in [3.63, 3.8) is 0 Å². The van der Waals surface area contributed by atoms with E-state index in [-0.39, 0.29) is 0 Å². The maximum Gasteiger partial charge on any atom is 0.247 e. The number of benzene rings is 1. The predicted molar refractivity (Wildman–Crippen MR) is 80.9 cm³/mol. The van der Waals surface area contributed by atoms with E-state index in [2.05, 4.69) is 25.6 Å². The van der Waals surface area contributed by atoms with Gasteiger partial charge in [0.2, 0.25) is 5.02 Å². The smallest absolute Gasteiger partial charge is 0.247 e. The van der Waals surface area contributed by atoms with Gasteiger partial charge < -0.3 is 4.74 Å². The van der Waals surface area contributed by atoms with Gasteiger partial charge in [0, 0.05) is 0 Å². The van der Waals surface area contributed by atoms with Crippen LogP contribution in [0.15, 0.2) is 35.5 Å². The molecule has 98 valence electrons. The minimum absolute atomic E-state index is 0.790. The molecule has 18 heavy (non-hydrogen) atoms. The van der Waals surface area contributed by atoms with Crippen molar-refractivity contribution in [2.45, 2.75) is 37.8 Å². The Hall–Kier alpha value is -0.443. The third-order valence-corrected chi connectivity index (χ3v) is 3.95. The topological polar surface area (TPSA) is 9.23 Å². The fraction of sp³-hybridized carbons (Fsp3) is 0.429. The largest absolute Gasteiger partial charge is 0.460 e. The van der Waals surface area contributed by atoms with E-state index in [1.54, 1.807) is 0 Å². The molecule has 0 atom stereocenters. The Morgan fingerprint density at radius 1 is 1.33 bits per heavy atom. The number of ether oxygens (including phenoxy) is 1. The molecule has 0 aliphatic carbocycles. The van der Waals surface area contributed by atoms with Gasteiger partial charge in [-0.05, 0) is 31.9 Å². The summed E-state index contributed by atoms with van der Waals surface area (Å²) < 4.78 is 5.36. The zero-order chi connectivity index (χ0) is 13.4. The molecule has 0 aromatic heterocycles. The van der Waals surface area contributed by atoms with E-state index in [1.165, 1.54) is 17.2 Å². The first-order valence-electron chi connectivity index (χ1n) is 5.99. The van der Waals surface area contributed by atoms with E-state index in [4.69, 9.17) is 27.9 Å². The number of hydrogen-bond acceptors (Lipinski definition) is 1. The number of rotatable bonds is 7. The highest BCUT2D eigenvalue weighted by Crippen LogP contribution is 2.23. The first-order valence-corrected chi connectivity index (χ1v) is 8.15. The van der Waals surface area contributed by atoms with Crippen molar-refractivity contribution in [1.82, 2.24) is 0 Å². The number of hydrogen-bond donors (Lipinski definition) is 0. The lowest BCUT2D eigenvalue weighted by atomic mass is 10.1. The van der Waals surface area contributed by atoms with Crippen LogP contribution in [0.2, 0.25) is 6.04 Å². The molecule has 1 nitrogen and oxygen atoms in total. The van der Waals surface area contributed by atoms with Crippen molar-refractivity contribution >= 4 is 32.7 Å². The van der Waals surface area contributed by atoms with Gasteiger partial charge in [-0.25, -0.2) is 0 Å². The van der Waals surface area contributed by atoms with Gasteiger partial charge in [0.15, 0.2) is 0 Å². The molecule has 0 saturated carbocycles. The highest BCUT2D eigenvalue weighted by atomic mass is 35.5. The molecular weight excluding hydrogens is 283 g/mol. The van der Waals surface area contributed by atoms with E-state index in [9.17, 15) is 0 Å². The maximum absolute atomic E-state index is 5.64. The van der Waals surface area contributed by atoms with Crippen LogP contribution in [0.5, 0.6) is 5.75 Å². The third kappa shape index (κ3) is 6.48. The first-order chi connectivity index (χ1) is 8.59. The first kappa shape index (κ1) is 15.6. The molecule has 0 bridgehead atoms. The molecule has 1 aromatic carbocycles. The summed E-state index contributed by atoms with van der Waals surface area (Å²) in [6, 6.07) is 9.13. The summed E-state index contributed by atoms with van der Waals surface area (Å²) in [6.45, 7) is 4.27. The van der Waals surface area contributed by atoms with Gasteiger partial charge in [0.05, 0.1) is 9.52 Å². The molecule has 1 aromatic rings. The van der Waals surface area contributed by atoms with Crippen LogP contribution in [-0.4, -0.2) is 14.5 Å². The van der Waals surface area contributed by atoms with Gasteiger partial charge in [-0.1, -0.05) is 59.4 Å². The normalized spacial score (nSPS) is 10.5. The minimum atomic E-state index is -0.807. The van der Waals surface area contributed by atoms with E-state index in [0.717, 1.165) is 28.1 Å². The zero-order valence-corrected chi connectivity index (χ0v) is 13.3. The standard InChI is InChI=1S/C14H18Cl2OSi/c1-11(2)10-18-9-5-7-12-6-3-4-8-13(12)17-14(15)16/h3-4,6,8,10,14H,5,7,9H2,1-2H3. The van der Waals surface area contributed by atoms with Crippen molar-refractivity contribution in [1.29, 1.82) is 0 Å². The molecule has 2 radical (unpaired) electrons. The van der Waals surface area contributed by atoms with E-state index >= 15 is 0 Å². The van der Waals surface area contributed by atoms with E-state index in [1.807, 2.05) is 18.2 Å². The van der Waals surface area contributed by atoms with Crippen LogP contribution >= 0.6 is 23.2 Å². The summed E-state index contributed by atoms with van der Waals surface area (Å²) in [6.07, 6.45) is 2.15. The molecule has 0 aliphatic rings. The van der Waals surface area contributed by atoms with Crippen LogP contribution in [-0.2, 0) is 6.42 Å². The Balaban J connectivity index is 2.44. The van der Waals surface area contributed by atoms with Crippen molar-refractivity contribution in [3.8, 4) is 5.75 Å². The summed E-state index contributed by atoms with van der Waals surface area (Å²) >= 11 is 11.3. The van der Waals surface area contributed by atoms with E-state index in [0.29, 0.717) is 0 Å². The molecule has 0 aliphatic heterocycles. The number of alkyl halides is 2. The second-order valence-electron chi connectivity index (χ2n) is 4.27. The molecule has 0 fully saturated rings. The fourth-order valence-electron chi connectivity index (χ4n) is 1.58. The van der Waals surface area contributed by atoms with Gasteiger partial charge in [-0.2, -0.15) is 0 Å². The molecule has 0 spiro atoms. The Morgan fingerprint density at radius 3 is 2.72 bits per heavy atom. The molecule has 0 N–H and O–H groups in total. The van der Waals surface area contributed by atoms with Gasteiger partial charge >= 0.3 is 0 Å². The van der Waals surface area contributed by atoms with Crippen LogP contribution in [0.25, 0.3) is 0 Å². The van der Waals surface area contributed by atoms with Gasteiger partial charge in [0.25, 0.3) is 0 Å². The lowest BCUT2D eigenvalue weighted by molar-refractivity contribution is 0.350. The van der Waals surface area contributed by atoms with Crippen LogP contribution in [0, 0.1) is 0 Å². The number of aryl methyl sites for hydroxylation is 1. The quantitative estimate of drug-likeness (QED) is 0.399. The fourth-order valence-corrected chi connectivity index (χ4v) is 2.70. The lowest BCUT2D eigenvalue weighted by Gasteiger charge is -2.11. The summed E-state index contributed by atoms with van der Waals surface area (Å²) in [5.41, 5.74) is 4.87. The van der Waals surface area contributed by atoms with Crippen LogP contribution < -0.4 is 4.74 Å². The average Bonchev–Trinajstić information content (AvgIpc) is 2.29. The van der Waals surface area contributed by atoms with Gasteiger partial charge in [-0.3, -0.25) is 0 Å². The van der Waals surface area contributed by atoms with Crippen molar-refractivity contribution in [2.75, 3.05) is 0 Å². The maximum atomic E-state index is 5.64. The molecule has 4 heteroatoms. The minimum Gasteiger partial charge on any atom is -0.460 e. The van der Waals surface area contributed by atoms with Crippen LogP contribution in [0.3, 0.4) is 0 Å². The van der Waals surface area contributed by atoms with Crippen LogP contribution in [0.4, 0.5) is 0 Å². The number of halogens is 2. The molecular formula is C14H18Cl2OSi. The summed E-state index contributed by atoms with van der Waals surface area (Å²) in [5.74, 6) is 0.790. The SMILES string of the molecule is CC(C)=C[Si]CCCc1ccccc1OC(Cl)Cl. The zero-order valence-electron chi connectivity index (χ0n) is 10.7. The Kier molecular flexibility index (Phi) is 7.48. The second kappa shape index (κ2) is 8.62. The molecule has 0 unspecified atom stereocenters. The number of para-hydroxylation sites is 1. The second-order valence-corrected chi connectivity index (χ2v) is 6.48. The molecule has 0 heterocycles. The third-order valence-electron chi connectivity index (χ3n) is 2.35. The Bertz CT molecular complexity index is 387. The van der Waals surface area contributed by atoms with Crippen LogP contribution in [0.1, 0.15) is 25.8 Å².